The van der Waals surface area contributed by atoms with Gasteiger partial charge in [0, 0.05) is 24.5 Å². The Kier molecular flexibility index (Phi) is 6.03. The van der Waals surface area contributed by atoms with Crippen molar-refractivity contribution in [3.05, 3.63) is 84.4 Å². The summed E-state index contributed by atoms with van der Waals surface area (Å²) in [5.74, 6) is 1.34. The highest BCUT2D eigenvalue weighted by atomic mass is 32.1. The molecule has 4 heterocycles. The van der Waals surface area contributed by atoms with Crippen molar-refractivity contribution < 1.29 is 0 Å². The Labute approximate surface area is 196 Å². The third-order valence-electron chi connectivity index (χ3n) is 6.33. The van der Waals surface area contributed by atoms with Crippen molar-refractivity contribution in [3.8, 4) is 0 Å². The fraction of sp³-hybridized carbons (Fsp3) is 0.400. The average Bonchev–Trinajstić information content (AvgIpc) is 3.40. The topological polar surface area (TPSA) is 75.9 Å². The van der Waals surface area contributed by atoms with Gasteiger partial charge in [-0.25, -0.2) is 9.78 Å². The Hall–Kier alpha value is -2.97. The lowest BCUT2D eigenvalue weighted by Gasteiger charge is -2.26. The van der Waals surface area contributed by atoms with E-state index in [0.29, 0.717) is 36.7 Å². The number of imidazole rings is 1. The minimum Gasteiger partial charge on any atom is -0.321 e. The molecule has 0 unspecified atom stereocenters. The van der Waals surface area contributed by atoms with Crippen LogP contribution in [0.4, 0.5) is 0 Å². The van der Waals surface area contributed by atoms with Crippen LogP contribution in [0.3, 0.4) is 0 Å². The van der Waals surface area contributed by atoms with Crippen molar-refractivity contribution >= 4 is 22.5 Å². The molecule has 7 nitrogen and oxygen atoms in total. The first-order valence-corrected chi connectivity index (χ1v) is 12.4. The molecule has 1 N–H and O–H groups in total. The number of nitrogens with one attached hydrogen (secondary N) is 1. The van der Waals surface area contributed by atoms with E-state index in [2.05, 4.69) is 35.2 Å². The number of thiophene rings is 1. The minimum absolute atomic E-state index is 0.361. The van der Waals surface area contributed by atoms with Gasteiger partial charge in [-0.2, -0.15) is 0 Å². The molecule has 1 aromatic carbocycles. The highest BCUT2D eigenvalue weighted by Gasteiger charge is 2.23. The van der Waals surface area contributed by atoms with Gasteiger partial charge in [-0.15, -0.1) is 11.3 Å². The van der Waals surface area contributed by atoms with Crippen molar-refractivity contribution in [3.63, 3.8) is 0 Å². The van der Waals surface area contributed by atoms with Crippen LogP contribution in [0.15, 0.2) is 51.4 Å². The first-order chi connectivity index (χ1) is 16.0. The number of aryl methyl sites for hydroxylation is 1. The molecular weight excluding hydrogens is 434 g/mol. The number of benzene rings is 1. The number of nitrogens with zero attached hydrogens (tertiary/aromatic N) is 4. The van der Waals surface area contributed by atoms with Crippen molar-refractivity contribution in [1.82, 2.24) is 24.0 Å². The van der Waals surface area contributed by atoms with Gasteiger partial charge in [0.25, 0.3) is 5.56 Å². The third-order valence-corrected chi connectivity index (χ3v) is 7.35. The maximum absolute atomic E-state index is 13.0. The van der Waals surface area contributed by atoms with Crippen LogP contribution in [0, 0.1) is 5.92 Å². The zero-order valence-corrected chi connectivity index (χ0v) is 19.9. The second-order valence-corrected chi connectivity index (χ2v) is 10.2. The minimum atomic E-state index is -0.419. The number of rotatable bonds is 7. The summed E-state index contributed by atoms with van der Waals surface area (Å²) in [7, 11) is 0. The fourth-order valence-corrected chi connectivity index (χ4v) is 5.41. The van der Waals surface area contributed by atoms with Gasteiger partial charge < -0.3 is 4.57 Å². The number of hydrogen-bond acceptors (Lipinski definition) is 5. The van der Waals surface area contributed by atoms with E-state index < -0.39 is 5.69 Å². The third kappa shape index (κ3) is 4.45. The van der Waals surface area contributed by atoms with E-state index in [1.54, 1.807) is 4.57 Å². The Morgan fingerprint density at radius 1 is 1.09 bits per heavy atom. The lowest BCUT2D eigenvalue weighted by Crippen LogP contribution is -2.31. The standard InChI is InChI=1S/C25H29N5O2S/c1-17(2)8-12-29-21(16-28-11-9-20-19(15-28)10-13-33-20)26-23-22(29)24(31)27-25(32)30(23)14-18-6-4-3-5-7-18/h3-7,10,13,17H,8-9,11-12,14-16H2,1-2H3,(H,27,31,32). The Bertz CT molecular complexity index is 1380. The van der Waals surface area contributed by atoms with Gasteiger partial charge in [-0.05, 0) is 41.3 Å². The molecule has 0 spiro atoms. The van der Waals surface area contributed by atoms with Crippen molar-refractivity contribution in [2.45, 2.75) is 52.9 Å². The van der Waals surface area contributed by atoms with Gasteiger partial charge in [-0.1, -0.05) is 44.2 Å². The molecule has 0 saturated heterocycles. The van der Waals surface area contributed by atoms with Crippen LogP contribution in [-0.4, -0.2) is 30.5 Å². The van der Waals surface area contributed by atoms with E-state index in [9.17, 15) is 9.59 Å². The van der Waals surface area contributed by atoms with Crippen LogP contribution < -0.4 is 11.2 Å². The number of aromatic nitrogens is 4. The van der Waals surface area contributed by atoms with Gasteiger partial charge in [0.05, 0.1) is 13.1 Å². The lowest BCUT2D eigenvalue weighted by molar-refractivity contribution is 0.237. The number of fused-ring (bicyclic) bond motifs is 2. The van der Waals surface area contributed by atoms with E-state index in [1.165, 1.54) is 10.4 Å². The van der Waals surface area contributed by atoms with Crippen LogP contribution in [0.5, 0.6) is 0 Å². The summed E-state index contributed by atoms with van der Waals surface area (Å²) >= 11 is 1.83. The van der Waals surface area contributed by atoms with E-state index in [-0.39, 0.29) is 5.56 Å². The summed E-state index contributed by atoms with van der Waals surface area (Å²) < 4.78 is 3.63. The van der Waals surface area contributed by atoms with Crippen molar-refractivity contribution in [2.75, 3.05) is 6.54 Å². The van der Waals surface area contributed by atoms with Crippen LogP contribution in [0.2, 0.25) is 0 Å². The second-order valence-electron chi connectivity index (χ2n) is 9.20. The van der Waals surface area contributed by atoms with Crippen LogP contribution >= 0.6 is 11.3 Å². The highest BCUT2D eigenvalue weighted by molar-refractivity contribution is 7.10. The molecule has 0 fully saturated rings. The van der Waals surface area contributed by atoms with Crippen LogP contribution in [0.1, 0.15) is 42.1 Å². The van der Waals surface area contributed by atoms with Crippen molar-refractivity contribution in [2.24, 2.45) is 5.92 Å². The molecule has 172 valence electrons. The van der Waals surface area contributed by atoms with E-state index in [1.807, 2.05) is 46.2 Å². The Morgan fingerprint density at radius 2 is 1.91 bits per heavy atom. The maximum Gasteiger partial charge on any atom is 0.330 e. The molecule has 4 aromatic rings. The van der Waals surface area contributed by atoms with Crippen LogP contribution in [-0.2, 0) is 32.6 Å². The number of H-pyrrole nitrogens is 1. The van der Waals surface area contributed by atoms with E-state index in [4.69, 9.17) is 4.98 Å². The predicted molar refractivity (Wildman–Crippen MR) is 132 cm³/mol. The molecular formula is C25H29N5O2S. The molecule has 8 heteroatoms. The zero-order valence-electron chi connectivity index (χ0n) is 19.1. The summed E-state index contributed by atoms with van der Waals surface area (Å²) in [6.45, 7) is 7.94. The summed E-state index contributed by atoms with van der Waals surface area (Å²) in [5, 5.41) is 2.16. The normalized spacial score (nSPS) is 14.3. The summed E-state index contributed by atoms with van der Waals surface area (Å²) in [5.41, 5.74) is 2.56. The Balaban J connectivity index is 1.58. The molecule has 1 aliphatic heterocycles. The van der Waals surface area contributed by atoms with E-state index >= 15 is 0 Å². The first kappa shape index (κ1) is 21.9. The highest BCUT2D eigenvalue weighted by Crippen LogP contribution is 2.25. The molecule has 33 heavy (non-hydrogen) atoms. The second kappa shape index (κ2) is 9.11. The SMILES string of the molecule is CC(C)CCn1c(CN2CCc3sccc3C2)nc2c1c(=O)[nH]c(=O)n2Cc1ccccc1. The van der Waals surface area contributed by atoms with Gasteiger partial charge in [0.2, 0.25) is 0 Å². The van der Waals surface area contributed by atoms with Gasteiger partial charge >= 0.3 is 5.69 Å². The quantitative estimate of drug-likeness (QED) is 0.454. The molecule has 3 aromatic heterocycles. The largest absolute Gasteiger partial charge is 0.330 e. The maximum atomic E-state index is 13.0. The van der Waals surface area contributed by atoms with Gasteiger partial charge in [0.1, 0.15) is 5.82 Å². The Morgan fingerprint density at radius 3 is 2.70 bits per heavy atom. The fourth-order valence-electron chi connectivity index (χ4n) is 4.52. The average molecular weight is 464 g/mol. The molecule has 0 atom stereocenters. The monoisotopic (exact) mass is 463 g/mol. The summed E-state index contributed by atoms with van der Waals surface area (Å²) in [6, 6.07) is 12.0. The lowest BCUT2D eigenvalue weighted by atomic mass is 10.1. The number of aromatic amines is 1. The smallest absolute Gasteiger partial charge is 0.321 e. The molecule has 0 aliphatic carbocycles. The van der Waals surface area contributed by atoms with Gasteiger partial charge in [0.15, 0.2) is 11.2 Å². The van der Waals surface area contributed by atoms with Crippen molar-refractivity contribution in [1.29, 1.82) is 0 Å². The first-order valence-electron chi connectivity index (χ1n) is 11.5. The van der Waals surface area contributed by atoms with Gasteiger partial charge in [-0.3, -0.25) is 19.2 Å². The summed E-state index contributed by atoms with van der Waals surface area (Å²) in [6.07, 6.45) is 1.98. The molecule has 0 amide bonds. The zero-order chi connectivity index (χ0) is 22.9. The van der Waals surface area contributed by atoms with Crippen LogP contribution in [0.25, 0.3) is 11.2 Å². The molecule has 0 bridgehead atoms. The van der Waals surface area contributed by atoms with E-state index in [0.717, 1.165) is 37.3 Å². The summed E-state index contributed by atoms with van der Waals surface area (Å²) in [4.78, 5) is 37.1. The molecule has 5 rings (SSSR count). The molecule has 0 radical (unpaired) electrons. The molecule has 0 saturated carbocycles. The number of hydrogen-bond donors (Lipinski definition) is 1. The molecule has 1 aliphatic rings. The predicted octanol–water partition coefficient (Wildman–Crippen LogP) is 3.60.